The van der Waals surface area contributed by atoms with Gasteiger partial charge in [0.25, 0.3) is 0 Å². The number of benzene rings is 1. The first-order chi connectivity index (χ1) is 10.3. The third kappa shape index (κ3) is 3.10. The maximum atomic E-state index is 11.6. The largest absolute Gasteiger partial charge is 0.465 e. The zero-order valence-corrected chi connectivity index (χ0v) is 12.1. The second-order valence-corrected chi connectivity index (χ2v) is 5.45. The van der Waals surface area contributed by atoms with E-state index in [0.717, 1.165) is 31.5 Å². The average Bonchev–Trinajstić information content (AvgIpc) is 2.54. The van der Waals surface area contributed by atoms with Crippen LogP contribution in [0.5, 0.6) is 0 Å². The van der Waals surface area contributed by atoms with Crippen molar-refractivity contribution in [2.45, 2.75) is 25.7 Å². The smallest absolute Gasteiger partial charge is 0.337 e. The lowest BCUT2D eigenvalue weighted by Gasteiger charge is -2.24. The van der Waals surface area contributed by atoms with Gasteiger partial charge in [-0.3, -0.25) is 0 Å². The minimum absolute atomic E-state index is 0.272. The van der Waals surface area contributed by atoms with Gasteiger partial charge in [-0.1, -0.05) is 6.07 Å². The molecule has 0 saturated heterocycles. The molecule has 1 aliphatic rings. The van der Waals surface area contributed by atoms with E-state index in [9.17, 15) is 4.79 Å². The number of hydrogen-bond acceptors (Lipinski definition) is 4. The number of fused-ring (bicyclic) bond motifs is 1. The molecule has 1 unspecified atom stereocenters. The first-order valence-electron chi connectivity index (χ1n) is 7.22. The molecule has 0 aliphatic heterocycles. The van der Waals surface area contributed by atoms with E-state index in [-0.39, 0.29) is 5.97 Å². The SMILES string of the molecule is COC(=O)c1ccc2c(c1)CC(Cc1ncccn1)CC2. The molecule has 4 heteroatoms. The highest BCUT2D eigenvalue weighted by molar-refractivity contribution is 5.89. The van der Waals surface area contributed by atoms with Gasteiger partial charge < -0.3 is 4.74 Å². The molecule has 108 valence electrons. The minimum Gasteiger partial charge on any atom is -0.465 e. The second-order valence-electron chi connectivity index (χ2n) is 5.45. The molecule has 1 heterocycles. The molecule has 21 heavy (non-hydrogen) atoms. The van der Waals surface area contributed by atoms with Crippen LogP contribution in [0.25, 0.3) is 0 Å². The summed E-state index contributed by atoms with van der Waals surface area (Å²) in [6.45, 7) is 0. The van der Waals surface area contributed by atoms with Gasteiger partial charge in [-0.15, -0.1) is 0 Å². The van der Waals surface area contributed by atoms with Crippen LogP contribution in [0.2, 0.25) is 0 Å². The number of aromatic nitrogens is 2. The third-order valence-corrected chi connectivity index (χ3v) is 4.05. The standard InChI is InChI=1S/C17H18N2O2/c1-21-17(20)14-6-5-13-4-3-12(9-15(13)11-14)10-16-18-7-2-8-19-16/h2,5-8,11-12H,3-4,9-10H2,1H3. The van der Waals surface area contributed by atoms with Gasteiger partial charge >= 0.3 is 5.97 Å². The number of rotatable bonds is 3. The van der Waals surface area contributed by atoms with Crippen molar-refractivity contribution in [3.8, 4) is 0 Å². The molecule has 1 aromatic carbocycles. The van der Waals surface area contributed by atoms with Crippen LogP contribution in [-0.2, 0) is 24.0 Å². The monoisotopic (exact) mass is 282 g/mol. The molecule has 0 radical (unpaired) electrons. The first-order valence-corrected chi connectivity index (χ1v) is 7.22. The molecular formula is C17H18N2O2. The van der Waals surface area contributed by atoms with E-state index < -0.39 is 0 Å². The van der Waals surface area contributed by atoms with E-state index in [0.29, 0.717) is 11.5 Å². The number of methoxy groups -OCH3 is 1. The lowest BCUT2D eigenvalue weighted by Crippen LogP contribution is -2.18. The third-order valence-electron chi connectivity index (χ3n) is 4.05. The van der Waals surface area contributed by atoms with Crippen molar-refractivity contribution in [2.24, 2.45) is 5.92 Å². The van der Waals surface area contributed by atoms with Gasteiger partial charge in [0.05, 0.1) is 12.7 Å². The van der Waals surface area contributed by atoms with Crippen LogP contribution in [0.15, 0.2) is 36.7 Å². The van der Waals surface area contributed by atoms with Crippen LogP contribution >= 0.6 is 0 Å². The second kappa shape index (κ2) is 6.04. The molecule has 0 bridgehead atoms. The highest BCUT2D eigenvalue weighted by atomic mass is 16.5. The lowest BCUT2D eigenvalue weighted by molar-refractivity contribution is 0.0600. The number of ether oxygens (including phenoxy) is 1. The molecule has 0 saturated carbocycles. The summed E-state index contributed by atoms with van der Waals surface area (Å²) >= 11 is 0. The Morgan fingerprint density at radius 1 is 1.29 bits per heavy atom. The Morgan fingerprint density at radius 2 is 2.10 bits per heavy atom. The summed E-state index contributed by atoms with van der Waals surface area (Å²) in [6, 6.07) is 7.71. The van der Waals surface area contributed by atoms with Crippen LogP contribution in [0, 0.1) is 5.92 Å². The number of nitrogens with zero attached hydrogens (tertiary/aromatic N) is 2. The summed E-state index contributed by atoms with van der Waals surface area (Å²) in [6.07, 6.45) is 7.63. The molecule has 4 nitrogen and oxygen atoms in total. The van der Waals surface area contributed by atoms with Gasteiger partial charge in [-0.2, -0.15) is 0 Å². The van der Waals surface area contributed by atoms with Gasteiger partial charge in [0.15, 0.2) is 0 Å². The van der Waals surface area contributed by atoms with Crippen molar-refractivity contribution in [1.29, 1.82) is 0 Å². The highest BCUT2D eigenvalue weighted by Gasteiger charge is 2.21. The Bertz CT molecular complexity index is 640. The van der Waals surface area contributed by atoms with Crippen molar-refractivity contribution in [1.82, 2.24) is 9.97 Å². The molecule has 1 aromatic heterocycles. The van der Waals surface area contributed by atoms with Crippen LogP contribution in [0.4, 0.5) is 0 Å². The van der Waals surface area contributed by atoms with Gasteiger partial charge in [0, 0.05) is 18.8 Å². The van der Waals surface area contributed by atoms with Crippen molar-refractivity contribution in [3.05, 3.63) is 59.2 Å². The highest BCUT2D eigenvalue weighted by Crippen LogP contribution is 2.28. The van der Waals surface area contributed by atoms with E-state index in [4.69, 9.17) is 4.74 Å². The summed E-state index contributed by atoms with van der Waals surface area (Å²) in [5.41, 5.74) is 3.23. The van der Waals surface area contributed by atoms with Gasteiger partial charge in [0.2, 0.25) is 0 Å². The fourth-order valence-corrected chi connectivity index (χ4v) is 2.95. The number of hydrogen-bond donors (Lipinski definition) is 0. The molecule has 1 atom stereocenters. The number of carbonyl (C=O) groups is 1. The summed E-state index contributed by atoms with van der Waals surface area (Å²) in [5, 5.41) is 0. The van der Waals surface area contributed by atoms with E-state index in [1.54, 1.807) is 12.4 Å². The van der Waals surface area contributed by atoms with Crippen LogP contribution < -0.4 is 0 Å². The summed E-state index contributed by atoms with van der Waals surface area (Å²) < 4.78 is 4.79. The predicted molar refractivity (Wildman–Crippen MR) is 79.0 cm³/mol. The molecule has 0 N–H and O–H groups in total. The van der Waals surface area contributed by atoms with Crippen molar-refractivity contribution >= 4 is 5.97 Å². The molecular weight excluding hydrogens is 264 g/mol. The Kier molecular flexibility index (Phi) is 3.95. The summed E-state index contributed by atoms with van der Waals surface area (Å²) in [5.74, 6) is 1.16. The fourth-order valence-electron chi connectivity index (χ4n) is 2.95. The Balaban J connectivity index is 1.76. The lowest BCUT2D eigenvalue weighted by atomic mass is 9.81. The van der Waals surface area contributed by atoms with E-state index in [1.807, 2.05) is 18.2 Å². The van der Waals surface area contributed by atoms with E-state index in [2.05, 4.69) is 16.0 Å². The number of aryl methyl sites for hydroxylation is 1. The quantitative estimate of drug-likeness (QED) is 0.812. The summed E-state index contributed by atoms with van der Waals surface area (Å²) in [4.78, 5) is 20.2. The predicted octanol–water partition coefficient (Wildman–Crippen LogP) is 2.61. The van der Waals surface area contributed by atoms with Crippen molar-refractivity contribution in [2.75, 3.05) is 7.11 Å². The molecule has 0 fully saturated rings. The molecule has 3 rings (SSSR count). The van der Waals surface area contributed by atoms with Gasteiger partial charge in [-0.25, -0.2) is 14.8 Å². The summed E-state index contributed by atoms with van der Waals surface area (Å²) in [7, 11) is 1.41. The van der Waals surface area contributed by atoms with Crippen LogP contribution in [0.3, 0.4) is 0 Å². The maximum absolute atomic E-state index is 11.6. The molecule has 2 aromatic rings. The van der Waals surface area contributed by atoms with Crippen LogP contribution in [0.1, 0.15) is 33.7 Å². The van der Waals surface area contributed by atoms with Gasteiger partial charge in [0.1, 0.15) is 5.82 Å². The fraction of sp³-hybridized carbons (Fsp3) is 0.353. The van der Waals surface area contributed by atoms with Crippen LogP contribution in [-0.4, -0.2) is 23.0 Å². The molecule has 0 amide bonds. The minimum atomic E-state index is -0.272. The Labute approximate surface area is 124 Å². The zero-order valence-electron chi connectivity index (χ0n) is 12.1. The van der Waals surface area contributed by atoms with Crippen molar-refractivity contribution < 1.29 is 9.53 Å². The van der Waals surface area contributed by atoms with E-state index >= 15 is 0 Å². The van der Waals surface area contributed by atoms with Crippen molar-refractivity contribution in [3.63, 3.8) is 0 Å². The Hall–Kier alpha value is -2.23. The van der Waals surface area contributed by atoms with E-state index in [1.165, 1.54) is 18.2 Å². The topological polar surface area (TPSA) is 52.1 Å². The molecule has 0 spiro atoms. The zero-order chi connectivity index (χ0) is 14.7. The molecule has 1 aliphatic carbocycles. The normalized spacial score (nSPS) is 17.1. The van der Waals surface area contributed by atoms with Gasteiger partial charge in [-0.05, 0) is 54.5 Å². The first kappa shape index (κ1) is 13.7. The number of carbonyl (C=O) groups excluding carboxylic acids is 1. The maximum Gasteiger partial charge on any atom is 0.337 e. The number of esters is 1. The Morgan fingerprint density at radius 3 is 2.86 bits per heavy atom. The average molecular weight is 282 g/mol.